The van der Waals surface area contributed by atoms with E-state index in [4.69, 9.17) is 4.42 Å². The van der Waals surface area contributed by atoms with Gasteiger partial charge in [-0.1, -0.05) is 264 Å². The van der Waals surface area contributed by atoms with Gasteiger partial charge in [0.15, 0.2) is 0 Å². The maximum Gasteiger partial charge on any atom is 0.135 e. The number of hydrogen-bond acceptors (Lipinski definition) is 2. The van der Waals surface area contributed by atoms with Gasteiger partial charge in [0.25, 0.3) is 0 Å². The SMILES string of the molecule is CCc1c2ccccc2cc2ccccc12.CCc1ccc(-c2ccc(C)cc2)cc1.CCc1ccc2c(c1)Cc1ccccc1S2.CCc1ccc2c(c1)oc1ccccc12.CCc1ccc2c(ccc3ccccc32)c1. The van der Waals surface area contributed by atoms with Crippen LogP contribution in [0, 0.1) is 6.92 Å². The molecule has 1 aromatic heterocycles. The van der Waals surface area contributed by atoms with Crippen LogP contribution in [0.2, 0.25) is 0 Å². The molecule has 2 heteroatoms. The second-order valence-electron chi connectivity index (χ2n) is 20.2. The molecule has 14 rings (SSSR count). The predicted molar refractivity (Wildman–Crippen MR) is 340 cm³/mol. The lowest BCUT2D eigenvalue weighted by atomic mass is 9.95. The summed E-state index contributed by atoms with van der Waals surface area (Å²) in [5, 5.41) is 13.3. The average molecular weight is 1030 g/mol. The van der Waals surface area contributed by atoms with Crippen molar-refractivity contribution in [2.24, 2.45) is 0 Å². The van der Waals surface area contributed by atoms with Crippen molar-refractivity contribution < 1.29 is 4.42 Å². The average Bonchev–Trinajstić information content (AvgIpc) is 3.92. The van der Waals surface area contributed by atoms with Gasteiger partial charge in [-0.15, -0.1) is 0 Å². The van der Waals surface area contributed by atoms with Crippen molar-refractivity contribution in [3.05, 3.63) is 287 Å². The van der Waals surface area contributed by atoms with E-state index in [2.05, 4.69) is 266 Å². The summed E-state index contributed by atoms with van der Waals surface area (Å²) in [6.45, 7) is 13.1. The largest absolute Gasteiger partial charge is 0.456 e. The van der Waals surface area contributed by atoms with Crippen molar-refractivity contribution in [3.63, 3.8) is 0 Å². The van der Waals surface area contributed by atoms with Gasteiger partial charge in [0.05, 0.1) is 0 Å². The number of fused-ring (bicyclic) bond motifs is 10. The zero-order valence-electron chi connectivity index (χ0n) is 46.2. The Labute approximate surface area is 466 Å². The standard InChI is InChI=1S/2C16H14.C15H14S.C15H16.C14H12O/c1-2-14-15-9-5-3-7-12(15)11-13-8-4-6-10-16(13)14;1-2-12-7-10-16-14(11-12)9-8-13-5-3-4-6-15(13)16;1-2-11-7-8-15-13(9-11)10-12-5-3-4-6-14(12)16-15;1-3-13-6-10-15(11-7-13)14-8-4-12(2)5-9-14;1-2-10-7-8-12-11-5-3-4-6-13(11)15-14(12)9-10/h2*3-11H,2H2,1H3;3-9H,2,10H2,1H3;4-11H,3H2,1-2H3;3-9H,2H2,1H3. The van der Waals surface area contributed by atoms with Crippen LogP contribution in [0.15, 0.2) is 257 Å². The van der Waals surface area contributed by atoms with E-state index >= 15 is 0 Å². The summed E-state index contributed by atoms with van der Waals surface area (Å²) in [7, 11) is 0. The molecule has 0 fully saturated rings. The molecule has 0 unspecified atom stereocenters. The highest BCUT2D eigenvalue weighted by Crippen LogP contribution is 2.40. The fraction of sp³-hybridized carbons (Fsp3) is 0.158. The molecular formula is C76H70OS. The number of benzene rings is 12. The molecule has 0 saturated carbocycles. The molecule has 386 valence electrons. The Morgan fingerprint density at radius 2 is 0.782 bits per heavy atom. The van der Waals surface area contributed by atoms with Crippen LogP contribution < -0.4 is 0 Å². The molecule has 0 spiro atoms. The maximum absolute atomic E-state index is 5.79. The highest BCUT2D eigenvalue weighted by Gasteiger charge is 2.15. The highest BCUT2D eigenvalue weighted by atomic mass is 32.2. The van der Waals surface area contributed by atoms with Crippen LogP contribution in [0.3, 0.4) is 0 Å². The van der Waals surface area contributed by atoms with Crippen LogP contribution in [-0.4, -0.2) is 0 Å². The van der Waals surface area contributed by atoms with Crippen molar-refractivity contribution in [2.45, 2.75) is 89.9 Å². The van der Waals surface area contributed by atoms with Gasteiger partial charge in [-0.25, -0.2) is 0 Å². The van der Waals surface area contributed by atoms with Crippen molar-refractivity contribution >= 4 is 76.8 Å². The topological polar surface area (TPSA) is 13.1 Å². The Kier molecular flexibility index (Phi) is 17.3. The van der Waals surface area contributed by atoms with Gasteiger partial charge in [0.2, 0.25) is 0 Å². The lowest BCUT2D eigenvalue weighted by Gasteiger charge is -2.19. The van der Waals surface area contributed by atoms with Crippen LogP contribution in [0.5, 0.6) is 0 Å². The summed E-state index contributed by atoms with van der Waals surface area (Å²) in [5.74, 6) is 0. The van der Waals surface area contributed by atoms with Crippen LogP contribution in [0.4, 0.5) is 0 Å². The first kappa shape index (κ1) is 53.2. The first-order valence-electron chi connectivity index (χ1n) is 28.1. The van der Waals surface area contributed by atoms with E-state index in [1.807, 2.05) is 30.0 Å². The van der Waals surface area contributed by atoms with E-state index in [-0.39, 0.29) is 0 Å². The van der Waals surface area contributed by atoms with Gasteiger partial charge in [0, 0.05) is 20.6 Å². The fourth-order valence-corrected chi connectivity index (χ4v) is 11.7. The second-order valence-corrected chi connectivity index (χ2v) is 21.3. The van der Waals surface area contributed by atoms with Gasteiger partial charge in [-0.3, -0.25) is 0 Å². The third-order valence-electron chi connectivity index (χ3n) is 15.2. The van der Waals surface area contributed by atoms with Crippen LogP contribution in [0.25, 0.3) is 76.2 Å². The summed E-state index contributed by atoms with van der Waals surface area (Å²) >= 11 is 1.90. The smallest absolute Gasteiger partial charge is 0.135 e. The van der Waals surface area contributed by atoms with Gasteiger partial charge >= 0.3 is 0 Å². The van der Waals surface area contributed by atoms with E-state index in [0.717, 1.165) is 49.7 Å². The highest BCUT2D eigenvalue weighted by molar-refractivity contribution is 7.99. The summed E-state index contributed by atoms with van der Waals surface area (Å²) in [4.78, 5) is 2.84. The van der Waals surface area contributed by atoms with Gasteiger partial charge < -0.3 is 4.42 Å². The van der Waals surface area contributed by atoms with Crippen LogP contribution in [0.1, 0.15) is 79.1 Å². The third kappa shape index (κ3) is 12.3. The third-order valence-corrected chi connectivity index (χ3v) is 16.4. The first-order chi connectivity index (χ1) is 38.3. The molecule has 0 aliphatic carbocycles. The zero-order valence-corrected chi connectivity index (χ0v) is 47.0. The van der Waals surface area contributed by atoms with Gasteiger partial charge in [-0.2, -0.15) is 0 Å². The predicted octanol–water partition coefficient (Wildman–Crippen LogP) is 21.8. The van der Waals surface area contributed by atoms with Crippen molar-refractivity contribution in [1.82, 2.24) is 0 Å². The minimum Gasteiger partial charge on any atom is -0.456 e. The molecule has 1 aliphatic rings. The molecular weight excluding hydrogens is 961 g/mol. The Bertz CT molecular complexity index is 4070. The molecule has 78 heavy (non-hydrogen) atoms. The molecule has 0 saturated heterocycles. The van der Waals surface area contributed by atoms with E-state index in [1.54, 1.807) is 0 Å². The normalized spacial score (nSPS) is 11.4. The Morgan fingerprint density at radius 3 is 1.45 bits per heavy atom. The lowest BCUT2D eigenvalue weighted by Crippen LogP contribution is -2.00. The summed E-state index contributed by atoms with van der Waals surface area (Å²) in [6, 6.07) is 87.0. The summed E-state index contributed by atoms with van der Waals surface area (Å²) < 4.78 is 5.79. The molecule has 2 heterocycles. The van der Waals surface area contributed by atoms with Crippen LogP contribution in [-0.2, 0) is 38.5 Å². The lowest BCUT2D eigenvalue weighted by molar-refractivity contribution is 0.668. The molecule has 0 atom stereocenters. The monoisotopic (exact) mass is 1030 g/mol. The quantitative estimate of drug-likeness (QED) is 0.122. The molecule has 1 aliphatic heterocycles. The maximum atomic E-state index is 5.79. The van der Waals surface area contributed by atoms with Gasteiger partial charge in [0.1, 0.15) is 11.2 Å². The molecule has 1 nitrogen and oxygen atoms in total. The van der Waals surface area contributed by atoms with Crippen molar-refractivity contribution in [2.75, 3.05) is 0 Å². The Balaban J connectivity index is 0.000000110. The molecule has 0 radical (unpaired) electrons. The molecule has 12 aromatic carbocycles. The molecule has 0 N–H and O–H groups in total. The number of para-hydroxylation sites is 1. The van der Waals surface area contributed by atoms with E-state index < -0.39 is 0 Å². The van der Waals surface area contributed by atoms with Crippen LogP contribution >= 0.6 is 11.8 Å². The van der Waals surface area contributed by atoms with Gasteiger partial charge in [-0.05, 0) is 169 Å². The van der Waals surface area contributed by atoms with E-state index in [9.17, 15) is 0 Å². The van der Waals surface area contributed by atoms with Crippen molar-refractivity contribution in [1.29, 1.82) is 0 Å². The minimum atomic E-state index is 0.973. The number of aryl methyl sites for hydroxylation is 6. The van der Waals surface area contributed by atoms with E-state index in [1.165, 1.54) is 119 Å². The number of rotatable bonds is 6. The Morgan fingerprint density at radius 1 is 0.321 bits per heavy atom. The minimum absolute atomic E-state index is 0.973. The summed E-state index contributed by atoms with van der Waals surface area (Å²) in [6.07, 6.45) is 6.55. The molecule has 0 bridgehead atoms. The molecule has 13 aromatic rings. The zero-order chi connectivity index (χ0) is 53.8. The fourth-order valence-electron chi connectivity index (χ4n) is 10.6. The van der Waals surface area contributed by atoms with E-state index in [0.29, 0.717) is 0 Å². The number of furan rings is 1. The Hall–Kier alpha value is -8.17. The van der Waals surface area contributed by atoms with Crippen molar-refractivity contribution in [3.8, 4) is 11.1 Å². The summed E-state index contributed by atoms with van der Waals surface area (Å²) in [5.41, 5.74) is 15.9. The number of hydrogen-bond donors (Lipinski definition) is 0. The second kappa shape index (κ2) is 25.3. The molecule has 0 amide bonds. The first-order valence-corrected chi connectivity index (χ1v) is 28.9.